The van der Waals surface area contributed by atoms with Crippen LogP contribution >= 0.6 is 0 Å². The van der Waals surface area contributed by atoms with Crippen molar-refractivity contribution >= 4 is 16.9 Å². The quantitative estimate of drug-likeness (QED) is 0.898. The lowest BCUT2D eigenvalue weighted by Gasteiger charge is -2.19. The van der Waals surface area contributed by atoms with E-state index in [4.69, 9.17) is 0 Å². The summed E-state index contributed by atoms with van der Waals surface area (Å²) in [5.74, 6) is -0.877. The van der Waals surface area contributed by atoms with Gasteiger partial charge in [-0.3, -0.25) is 4.79 Å². The Bertz CT molecular complexity index is 654. The fraction of sp³-hybridized carbons (Fsp3) is 0.438. The molecule has 3 heteroatoms. The van der Waals surface area contributed by atoms with E-state index in [1.54, 1.807) is 0 Å². The number of aryl methyl sites for hydroxylation is 2. The molecule has 0 spiro atoms. The molecule has 0 saturated heterocycles. The third-order valence-electron chi connectivity index (χ3n) is 4.44. The van der Waals surface area contributed by atoms with Gasteiger partial charge in [-0.1, -0.05) is 13.0 Å². The van der Waals surface area contributed by atoms with Gasteiger partial charge in [-0.2, -0.15) is 0 Å². The molecule has 0 fully saturated rings. The second kappa shape index (κ2) is 4.41. The lowest BCUT2D eigenvalue weighted by Crippen LogP contribution is -2.22. The normalized spacial score (nSPS) is 18.5. The molecule has 0 amide bonds. The number of hydrogen-bond acceptors (Lipinski definition) is 1. The largest absolute Gasteiger partial charge is 0.481 e. The maximum Gasteiger partial charge on any atom is 0.306 e. The predicted octanol–water partition coefficient (Wildman–Crippen LogP) is 2.93. The molecule has 1 aliphatic rings. The zero-order valence-corrected chi connectivity index (χ0v) is 11.4. The first-order valence-corrected chi connectivity index (χ1v) is 6.93. The van der Waals surface area contributed by atoms with Crippen LogP contribution in [0, 0.1) is 5.92 Å². The van der Waals surface area contributed by atoms with Gasteiger partial charge >= 0.3 is 5.97 Å². The van der Waals surface area contributed by atoms with Crippen molar-refractivity contribution in [2.24, 2.45) is 13.0 Å². The van der Waals surface area contributed by atoms with Crippen molar-refractivity contribution in [1.82, 2.24) is 4.57 Å². The summed E-state index contributed by atoms with van der Waals surface area (Å²) in [4.78, 5) is 11.2. The molecule has 1 aromatic heterocycles. The highest BCUT2D eigenvalue weighted by atomic mass is 16.4. The molecule has 1 unspecified atom stereocenters. The van der Waals surface area contributed by atoms with Crippen LogP contribution in [-0.4, -0.2) is 15.6 Å². The zero-order valence-electron chi connectivity index (χ0n) is 11.4. The number of fused-ring (bicyclic) bond motifs is 3. The average Bonchev–Trinajstić information content (AvgIpc) is 2.71. The molecule has 19 heavy (non-hydrogen) atoms. The molecule has 100 valence electrons. The summed E-state index contributed by atoms with van der Waals surface area (Å²) in [7, 11) is 2.09. The van der Waals surface area contributed by atoms with Crippen molar-refractivity contribution in [3.05, 3.63) is 35.0 Å². The van der Waals surface area contributed by atoms with Crippen molar-refractivity contribution < 1.29 is 9.90 Å². The number of hydrogen-bond donors (Lipinski definition) is 1. The molecule has 1 aliphatic carbocycles. The first kappa shape index (κ1) is 12.3. The Kier molecular flexibility index (Phi) is 2.85. The third kappa shape index (κ3) is 1.84. The predicted molar refractivity (Wildman–Crippen MR) is 75.4 cm³/mol. The second-order valence-electron chi connectivity index (χ2n) is 5.47. The van der Waals surface area contributed by atoms with Crippen LogP contribution in [0.2, 0.25) is 0 Å². The smallest absolute Gasteiger partial charge is 0.306 e. The molecule has 3 rings (SSSR count). The van der Waals surface area contributed by atoms with Gasteiger partial charge < -0.3 is 9.67 Å². The number of carboxylic acid groups (broad SMARTS) is 1. The minimum atomic E-state index is -0.658. The molecule has 1 N–H and O–H groups in total. The average molecular weight is 257 g/mol. The number of benzene rings is 1. The number of carboxylic acids is 1. The topological polar surface area (TPSA) is 42.2 Å². The summed E-state index contributed by atoms with van der Waals surface area (Å²) in [5.41, 5.74) is 5.12. The van der Waals surface area contributed by atoms with Gasteiger partial charge in [-0.25, -0.2) is 0 Å². The Morgan fingerprint density at radius 3 is 2.95 bits per heavy atom. The Morgan fingerprint density at radius 2 is 2.26 bits per heavy atom. The van der Waals surface area contributed by atoms with Crippen LogP contribution < -0.4 is 0 Å². The summed E-state index contributed by atoms with van der Waals surface area (Å²) in [6.07, 6.45) is 3.32. The molecule has 0 radical (unpaired) electrons. The first-order chi connectivity index (χ1) is 9.11. The maximum atomic E-state index is 11.2. The SMILES string of the molecule is CCc1ccc2c(c1)c1c(n2C)CCC(C(=O)O)C1. The fourth-order valence-corrected chi connectivity index (χ4v) is 3.26. The molecule has 3 nitrogen and oxygen atoms in total. The number of aromatic nitrogens is 1. The van der Waals surface area contributed by atoms with E-state index in [1.165, 1.54) is 27.7 Å². The van der Waals surface area contributed by atoms with E-state index in [9.17, 15) is 9.90 Å². The number of carbonyl (C=O) groups is 1. The van der Waals surface area contributed by atoms with Gasteiger partial charge in [0.25, 0.3) is 0 Å². The lowest BCUT2D eigenvalue weighted by atomic mass is 9.86. The van der Waals surface area contributed by atoms with E-state index in [1.807, 2.05) is 0 Å². The Hall–Kier alpha value is -1.77. The van der Waals surface area contributed by atoms with E-state index in [0.29, 0.717) is 6.42 Å². The van der Waals surface area contributed by atoms with Crippen LogP contribution in [0.15, 0.2) is 18.2 Å². The van der Waals surface area contributed by atoms with Crippen LogP contribution in [0.4, 0.5) is 0 Å². The van der Waals surface area contributed by atoms with Crippen LogP contribution in [0.5, 0.6) is 0 Å². The summed E-state index contributed by atoms with van der Waals surface area (Å²) >= 11 is 0. The number of aliphatic carboxylic acids is 1. The molecular formula is C16H19NO2. The van der Waals surface area contributed by atoms with E-state index in [0.717, 1.165) is 19.3 Å². The first-order valence-electron chi connectivity index (χ1n) is 6.93. The van der Waals surface area contributed by atoms with Crippen molar-refractivity contribution in [1.29, 1.82) is 0 Å². The zero-order chi connectivity index (χ0) is 13.6. The number of nitrogens with zero attached hydrogens (tertiary/aromatic N) is 1. The molecular weight excluding hydrogens is 238 g/mol. The van der Waals surface area contributed by atoms with Crippen LogP contribution in [0.3, 0.4) is 0 Å². The van der Waals surface area contributed by atoms with Gasteiger partial charge in [0.1, 0.15) is 0 Å². The summed E-state index contributed by atoms with van der Waals surface area (Å²) in [5, 5.41) is 10.5. The molecule has 2 aromatic rings. The minimum absolute atomic E-state index is 0.219. The van der Waals surface area contributed by atoms with Gasteiger partial charge in [0.15, 0.2) is 0 Å². The van der Waals surface area contributed by atoms with E-state index in [-0.39, 0.29) is 5.92 Å². The standard InChI is InChI=1S/C16H19NO2/c1-3-10-4-6-14-12(8-10)13-9-11(16(18)19)5-7-15(13)17(14)2/h4,6,8,11H,3,5,7,9H2,1-2H3,(H,18,19). The lowest BCUT2D eigenvalue weighted by molar-refractivity contribution is -0.142. The Labute approximate surface area is 112 Å². The molecule has 0 saturated carbocycles. The molecule has 0 bridgehead atoms. The Morgan fingerprint density at radius 1 is 1.47 bits per heavy atom. The monoisotopic (exact) mass is 257 g/mol. The highest BCUT2D eigenvalue weighted by Gasteiger charge is 2.28. The maximum absolute atomic E-state index is 11.2. The summed E-state index contributed by atoms with van der Waals surface area (Å²) in [6.45, 7) is 2.15. The third-order valence-corrected chi connectivity index (χ3v) is 4.44. The van der Waals surface area contributed by atoms with Crippen LogP contribution in [0.25, 0.3) is 10.9 Å². The van der Waals surface area contributed by atoms with Crippen molar-refractivity contribution in [3.63, 3.8) is 0 Å². The van der Waals surface area contributed by atoms with Gasteiger partial charge in [0.2, 0.25) is 0 Å². The van der Waals surface area contributed by atoms with Gasteiger partial charge in [-0.05, 0) is 48.9 Å². The molecule has 1 atom stereocenters. The summed E-state index contributed by atoms with van der Waals surface area (Å²) in [6, 6.07) is 6.57. The van der Waals surface area contributed by atoms with Gasteiger partial charge in [-0.15, -0.1) is 0 Å². The van der Waals surface area contributed by atoms with Crippen molar-refractivity contribution in [2.45, 2.75) is 32.6 Å². The highest BCUT2D eigenvalue weighted by molar-refractivity contribution is 5.87. The molecule has 0 aliphatic heterocycles. The van der Waals surface area contributed by atoms with Crippen molar-refractivity contribution in [3.8, 4) is 0 Å². The van der Waals surface area contributed by atoms with Crippen LogP contribution in [0.1, 0.15) is 30.2 Å². The number of rotatable bonds is 2. The minimum Gasteiger partial charge on any atom is -0.481 e. The fourth-order valence-electron chi connectivity index (χ4n) is 3.26. The van der Waals surface area contributed by atoms with Gasteiger partial charge in [0.05, 0.1) is 5.92 Å². The second-order valence-corrected chi connectivity index (χ2v) is 5.47. The van der Waals surface area contributed by atoms with E-state index < -0.39 is 5.97 Å². The van der Waals surface area contributed by atoms with Gasteiger partial charge in [0, 0.05) is 23.6 Å². The van der Waals surface area contributed by atoms with E-state index in [2.05, 4.69) is 36.7 Å². The molecule has 1 heterocycles. The van der Waals surface area contributed by atoms with Crippen molar-refractivity contribution in [2.75, 3.05) is 0 Å². The van der Waals surface area contributed by atoms with Crippen LogP contribution in [-0.2, 0) is 31.1 Å². The summed E-state index contributed by atoms with van der Waals surface area (Å²) < 4.78 is 2.24. The Balaban J connectivity index is 2.18. The molecule has 1 aromatic carbocycles. The van der Waals surface area contributed by atoms with E-state index >= 15 is 0 Å². The highest BCUT2D eigenvalue weighted by Crippen LogP contribution is 2.34.